The molecular weight excluding hydrogens is 306 g/mol. The Labute approximate surface area is 140 Å². The number of nitrogens with two attached hydrogens (primary N) is 2. The number of aromatic nitrogens is 1. The van der Waals surface area contributed by atoms with Gasteiger partial charge in [-0.25, -0.2) is 0 Å². The lowest BCUT2D eigenvalue weighted by atomic mass is 9.97. The molecule has 3 rings (SSSR count). The SMILES string of the molecule is NCc1ccc(-c2cc(CN)cnc2-c2ccc(Cl)cc2)cc1. The zero-order chi connectivity index (χ0) is 16.2. The fourth-order valence-corrected chi connectivity index (χ4v) is 2.62. The minimum absolute atomic E-state index is 0.460. The second kappa shape index (κ2) is 6.92. The number of rotatable bonds is 4. The summed E-state index contributed by atoms with van der Waals surface area (Å²) >= 11 is 5.99. The lowest BCUT2D eigenvalue weighted by Gasteiger charge is -2.12. The normalized spacial score (nSPS) is 10.7. The van der Waals surface area contributed by atoms with Gasteiger partial charge in [0.2, 0.25) is 0 Å². The van der Waals surface area contributed by atoms with Gasteiger partial charge in [-0.15, -0.1) is 0 Å². The van der Waals surface area contributed by atoms with Gasteiger partial charge >= 0.3 is 0 Å². The Morgan fingerprint density at radius 3 is 2.00 bits per heavy atom. The number of pyridine rings is 1. The molecule has 23 heavy (non-hydrogen) atoms. The molecule has 0 atom stereocenters. The molecule has 0 aliphatic carbocycles. The van der Waals surface area contributed by atoms with E-state index < -0.39 is 0 Å². The summed E-state index contributed by atoms with van der Waals surface area (Å²) < 4.78 is 0. The first kappa shape index (κ1) is 15.7. The van der Waals surface area contributed by atoms with Crippen molar-refractivity contribution in [2.45, 2.75) is 13.1 Å². The third kappa shape index (κ3) is 3.42. The van der Waals surface area contributed by atoms with E-state index in [9.17, 15) is 0 Å². The fourth-order valence-electron chi connectivity index (χ4n) is 2.50. The molecule has 2 aromatic carbocycles. The molecule has 1 heterocycles. The average Bonchev–Trinajstić information content (AvgIpc) is 2.62. The van der Waals surface area contributed by atoms with Crippen LogP contribution in [0.3, 0.4) is 0 Å². The van der Waals surface area contributed by atoms with Crippen LogP contribution in [0.2, 0.25) is 5.02 Å². The van der Waals surface area contributed by atoms with Gasteiger partial charge in [0, 0.05) is 35.4 Å². The van der Waals surface area contributed by atoms with E-state index in [4.69, 9.17) is 23.1 Å². The second-order valence-electron chi connectivity index (χ2n) is 5.35. The number of halogens is 1. The van der Waals surface area contributed by atoms with Crippen LogP contribution in [-0.2, 0) is 13.1 Å². The van der Waals surface area contributed by atoms with E-state index in [0.717, 1.165) is 33.5 Å². The van der Waals surface area contributed by atoms with E-state index in [1.54, 1.807) is 0 Å². The molecule has 4 N–H and O–H groups in total. The predicted octanol–water partition coefficient (Wildman–Crippen LogP) is 3.99. The van der Waals surface area contributed by atoms with Crippen molar-refractivity contribution in [1.29, 1.82) is 0 Å². The third-order valence-corrected chi connectivity index (χ3v) is 4.05. The van der Waals surface area contributed by atoms with E-state index >= 15 is 0 Å². The van der Waals surface area contributed by atoms with Crippen LogP contribution in [0.1, 0.15) is 11.1 Å². The van der Waals surface area contributed by atoms with E-state index in [-0.39, 0.29) is 0 Å². The molecule has 3 aromatic rings. The van der Waals surface area contributed by atoms with Crippen LogP contribution >= 0.6 is 11.6 Å². The van der Waals surface area contributed by atoms with Crippen molar-refractivity contribution in [3.8, 4) is 22.4 Å². The van der Waals surface area contributed by atoms with Crippen molar-refractivity contribution in [3.63, 3.8) is 0 Å². The van der Waals surface area contributed by atoms with Crippen molar-refractivity contribution < 1.29 is 0 Å². The quantitative estimate of drug-likeness (QED) is 0.763. The molecule has 0 saturated heterocycles. The Morgan fingerprint density at radius 1 is 0.783 bits per heavy atom. The molecule has 4 heteroatoms. The summed E-state index contributed by atoms with van der Waals surface area (Å²) in [5, 5.41) is 0.709. The van der Waals surface area contributed by atoms with Crippen LogP contribution in [0.5, 0.6) is 0 Å². The van der Waals surface area contributed by atoms with E-state index in [1.807, 2.05) is 42.6 Å². The summed E-state index contributed by atoms with van der Waals surface area (Å²) in [6.45, 7) is 0.993. The number of benzene rings is 2. The average molecular weight is 324 g/mol. The predicted molar refractivity (Wildman–Crippen MR) is 95.9 cm³/mol. The third-order valence-electron chi connectivity index (χ3n) is 3.80. The zero-order valence-electron chi connectivity index (χ0n) is 12.7. The zero-order valence-corrected chi connectivity index (χ0v) is 13.4. The fraction of sp³-hybridized carbons (Fsp3) is 0.105. The van der Waals surface area contributed by atoms with Crippen LogP contribution in [0, 0.1) is 0 Å². The maximum atomic E-state index is 5.99. The van der Waals surface area contributed by atoms with Gasteiger partial charge in [-0.2, -0.15) is 0 Å². The summed E-state index contributed by atoms with van der Waals surface area (Å²) in [5.41, 5.74) is 17.6. The van der Waals surface area contributed by atoms with E-state index in [0.29, 0.717) is 18.1 Å². The van der Waals surface area contributed by atoms with Crippen LogP contribution in [0.4, 0.5) is 0 Å². The molecule has 0 aliphatic heterocycles. The maximum absolute atomic E-state index is 5.99. The number of nitrogens with zero attached hydrogens (tertiary/aromatic N) is 1. The highest BCUT2D eigenvalue weighted by atomic mass is 35.5. The lowest BCUT2D eigenvalue weighted by molar-refractivity contribution is 1.05. The van der Waals surface area contributed by atoms with Gasteiger partial charge in [-0.05, 0) is 34.9 Å². The van der Waals surface area contributed by atoms with Crippen molar-refractivity contribution >= 4 is 11.6 Å². The molecule has 0 bridgehead atoms. The molecule has 0 fully saturated rings. The molecule has 3 nitrogen and oxygen atoms in total. The molecule has 0 spiro atoms. The van der Waals surface area contributed by atoms with Crippen molar-refractivity contribution in [2.24, 2.45) is 11.5 Å². The first-order chi connectivity index (χ1) is 11.2. The molecule has 1 aromatic heterocycles. The van der Waals surface area contributed by atoms with Gasteiger partial charge in [0.05, 0.1) is 5.69 Å². The van der Waals surface area contributed by atoms with Gasteiger partial charge in [-0.1, -0.05) is 48.0 Å². The largest absolute Gasteiger partial charge is 0.326 e. The maximum Gasteiger partial charge on any atom is 0.0780 e. The molecule has 116 valence electrons. The second-order valence-corrected chi connectivity index (χ2v) is 5.79. The van der Waals surface area contributed by atoms with E-state index in [2.05, 4.69) is 23.2 Å². The van der Waals surface area contributed by atoms with Gasteiger partial charge in [-0.3, -0.25) is 4.98 Å². The van der Waals surface area contributed by atoms with Crippen LogP contribution in [0.15, 0.2) is 60.8 Å². The summed E-state index contributed by atoms with van der Waals surface area (Å²) in [7, 11) is 0. The number of hydrogen-bond donors (Lipinski definition) is 2. The topological polar surface area (TPSA) is 64.9 Å². The van der Waals surface area contributed by atoms with Gasteiger partial charge in [0.1, 0.15) is 0 Å². The molecular formula is C19H18ClN3. The van der Waals surface area contributed by atoms with Crippen LogP contribution < -0.4 is 11.5 Å². The minimum atomic E-state index is 0.460. The standard InChI is InChI=1S/C19H18ClN3/c20-17-7-5-16(6-8-17)19-18(9-14(11-22)12-23-19)15-3-1-13(10-21)2-4-15/h1-9,12H,10-11,21-22H2. The highest BCUT2D eigenvalue weighted by molar-refractivity contribution is 6.30. The van der Waals surface area contributed by atoms with Crippen molar-refractivity contribution in [3.05, 3.63) is 76.9 Å². The Kier molecular flexibility index (Phi) is 4.72. The summed E-state index contributed by atoms with van der Waals surface area (Å²) in [4.78, 5) is 4.62. The first-order valence-electron chi connectivity index (χ1n) is 7.45. The summed E-state index contributed by atoms with van der Waals surface area (Å²) in [6, 6.07) is 18.0. The highest BCUT2D eigenvalue weighted by Crippen LogP contribution is 2.32. The van der Waals surface area contributed by atoms with Crippen molar-refractivity contribution in [1.82, 2.24) is 4.98 Å². The Morgan fingerprint density at radius 2 is 1.39 bits per heavy atom. The molecule has 0 amide bonds. The van der Waals surface area contributed by atoms with E-state index in [1.165, 1.54) is 0 Å². The molecule has 0 radical (unpaired) electrons. The van der Waals surface area contributed by atoms with Crippen LogP contribution in [0.25, 0.3) is 22.4 Å². The Hall–Kier alpha value is -2.20. The smallest absolute Gasteiger partial charge is 0.0780 e. The molecule has 0 unspecified atom stereocenters. The van der Waals surface area contributed by atoms with Gasteiger partial charge in [0.15, 0.2) is 0 Å². The Bertz CT molecular complexity index is 796. The lowest BCUT2D eigenvalue weighted by Crippen LogP contribution is -2.00. The minimum Gasteiger partial charge on any atom is -0.326 e. The molecule has 0 saturated carbocycles. The van der Waals surface area contributed by atoms with Gasteiger partial charge in [0.25, 0.3) is 0 Å². The van der Waals surface area contributed by atoms with Gasteiger partial charge < -0.3 is 11.5 Å². The van der Waals surface area contributed by atoms with Crippen molar-refractivity contribution in [2.75, 3.05) is 0 Å². The summed E-state index contributed by atoms with van der Waals surface area (Å²) in [6.07, 6.45) is 1.82. The van der Waals surface area contributed by atoms with Crippen LogP contribution in [-0.4, -0.2) is 4.98 Å². The monoisotopic (exact) mass is 323 g/mol. The Balaban J connectivity index is 2.13. The number of hydrogen-bond acceptors (Lipinski definition) is 3. The summed E-state index contributed by atoms with van der Waals surface area (Å²) in [5.74, 6) is 0. The highest BCUT2D eigenvalue weighted by Gasteiger charge is 2.10. The first-order valence-corrected chi connectivity index (χ1v) is 7.83. The molecule has 0 aliphatic rings.